The first-order valence-corrected chi connectivity index (χ1v) is 6.32. The van der Waals surface area contributed by atoms with Crippen LogP contribution in [0.4, 0.5) is 0 Å². The molecule has 0 fully saturated rings. The fourth-order valence-electron chi connectivity index (χ4n) is 0.869. The molecule has 14 heavy (non-hydrogen) atoms. The molecule has 1 atom stereocenters. The number of ketones is 1. The van der Waals surface area contributed by atoms with E-state index in [9.17, 15) is 4.79 Å². The van der Waals surface area contributed by atoms with Crippen molar-refractivity contribution < 1.29 is 12.2 Å². The van der Waals surface area contributed by atoms with Crippen LogP contribution < -0.4 is 0 Å². The van der Waals surface area contributed by atoms with Crippen molar-refractivity contribution in [1.29, 1.82) is 0 Å². The maximum atomic E-state index is 11.4. The van der Waals surface area contributed by atoms with Crippen LogP contribution in [-0.2, 0) is 12.2 Å². The van der Waals surface area contributed by atoms with E-state index in [-0.39, 0.29) is 17.8 Å². The van der Waals surface area contributed by atoms with Crippen molar-refractivity contribution in [3.05, 3.63) is 11.8 Å². The van der Waals surface area contributed by atoms with Crippen molar-refractivity contribution in [1.82, 2.24) is 0 Å². The molecule has 0 aromatic heterocycles. The summed E-state index contributed by atoms with van der Waals surface area (Å²) in [5.74, 6) is 0.746. The molecule has 0 aliphatic heterocycles. The van der Waals surface area contributed by atoms with Crippen LogP contribution in [0.25, 0.3) is 0 Å². The molecule has 1 unspecified atom stereocenters. The molecule has 0 bridgehead atoms. The van der Waals surface area contributed by atoms with Crippen molar-refractivity contribution in [3.63, 3.8) is 0 Å². The van der Waals surface area contributed by atoms with Crippen LogP contribution in [0.2, 0.25) is 0 Å². The molecule has 0 amide bonds. The van der Waals surface area contributed by atoms with Gasteiger partial charge in [-0.3, -0.25) is 0 Å². The number of carbonyl (C=O) groups excluding carboxylic acids is 1. The molecule has 0 spiro atoms. The summed E-state index contributed by atoms with van der Waals surface area (Å²) in [5, 5.41) is 0. The van der Waals surface area contributed by atoms with Gasteiger partial charge in [0.1, 0.15) is 0 Å². The molecule has 0 rings (SSSR count). The number of ether oxygens (including phenoxy) is 1. The first-order valence-electron chi connectivity index (χ1n) is 4.73. The van der Waals surface area contributed by atoms with E-state index in [1.54, 1.807) is 6.08 Å². The van der Waals surface area contributed by atoms with Crippen molar-refractivity contribution in [2.24, 2.45) is 5.92 Å². The maximum absolute atomic E-state index is 11.4. The Balaban J connectivity index is 4.45. The first kappa shape index (κ1) is 14.1. The third kappa shape index (κ3) is 5.09. The molecule has 3 nitrogen and oxygen atoms in total. The Labute approximate surface area is 102 Å². The van der Waals surface area contributed by atoms with E-state index in [0.717, 1.165) is 0 Å². The van der Waals surface area contributed by atoms with Crippen LogP contribution in [0.15, 0.2) is 11.8 Å². The molecular formula is C10H17O3Pb. The second kappa shape index (κ2) is 7.39. The topological polar surface area (TPSA) is 35.5 Å². The summed E-state index contributed by atoms with van der Waals surface area (Å²) < 4.78 is 10.6. The third-order valence-electron chi connectivity index (χ3n) is 1.79. The van der Waals surface area contributed by atoms with E-state index in [4.69, 9.17) is 7.42 Å². The molecular weight excluding hydrogens is 375 g/mol. The van der Waals surface area contributed by atoms with Crippen LogP contribution in [0.1, 0.15) is 27.7 Å². The van der Waals surface area contributed by atoms with E-state index < -0.39 is 0 Å². The molecule has 0 heterocycles. The predicted octanol–water partition coefficient (Wildman–Crippen LogP) is 1.62. The van der Waals surface area contributed by atoms with E-state index in [1.807, 2.05) is 27.7 Å². The Morgan fingerprint density at radius 2 is 2.00 bits per heavy atom. The summed E-state index contributed by atoms with van der Waals surface area (Å²) in [5.41, 5.74) is 0. The van der Waals surface area contributed by atoms with Gasteiger partial charge in [-0.2, -0.15) is 0 Å². The van der Waals surface area contributed by atoms with Gasteiger partial charge in [0.25, 0.3) is 0 Å². The quantitative estimate of drug-likeness (QED) is 0.392. The summed E-state index contributed by atoms with van der Waals surface area (Å²) in [7, 11) is 0. The average Bonchev–Trinajstić information content (AvgIpc) is 2.13. The summed E-state index contributed by atoms with van der Waals surface area (Å²) in [6, 6.07) is 0. The molecule has 79 valence electrons. The average molecular weight is 392 g/mol. The van der Waals surface area contributed by atoms with Gasteiger partial charge < -0.3 is 0 Å². The molecule has 3 radical (unpaired) electrons. The second-order valence-electron chi connectivity index (χ2n) is 3.30. The van der Waals surface area contributed by atoms with Gasteiger partial charge in [0.05, 0.1) is 0 Å². The SMILES string of the molecule is CCOC(C)/C(=C/C(=O)C(C)C)[O][Pb]. The van der Waals surface area contributed by atoms with Crippen LogP contribution in [-0.4, -0.2) is 44.7 Å². The van der Waals surface area contributed by atoms with Crippen LogP contribution in [0.3, 0.4) is 0 Å². The predicted molar refractivity (Wildman–Crippen MR) is 55.9 cm³/mol. The van der Waals surface area contributed by atoms with Gasteiger partial charge in [-0.15, -0.1) is 0 Å². The third-order valence-corrected chi connectivity index (χ3v) is 2.71. The van der Waals surface area contributed by atoms with Crippen molar-refractivity contribution in [2.45, 2.75) is 33.8 Å². The van der Waals surface area contributed by atoms with Crippen LogP contribution in [0.5, 0.6) is 0 Å². The Bertz CT molecular complexity index is 211. The molecule has 0 aromatic rings. The van der Waals surface area contributed by atoms with Crippen molar-refractivity contribution in [3.8, 4) is 0 Å². The van der Waals surface area contributed by atoms with Gasteiger partial charge in [0.15, 0.2) is 0 Å². The molecule has 0 aliphatic rings. The Hall–Kier alpha value is 0.0921. The summed E-state index contributed by atoms with van der Waals surface area (Å²) in [6.07, 6.45) is 1.43. The van der Waals surface area contributed by atoms with Gasteiger partial charge >= 0.3 is 102 Å². The van der Waals surface area contributed by atoms with Gasteiger partial charge in [-0.1, -0.05) is 0 Å². The fourth-order valence-corrected chi connectivity index (χ4v) is 1.74. The van der Waals surface area contributed by atoms with Crippen LogP contribution in [0, 0.1) is 5.92 Å². The van der Waals surface area contributed by atoms with Crippen LogP contribution >= 0.6 is 0 Å². The molecule has 4 heteroatoms. The normalized spacial score (nSPS) is 14.3. The number of hydrogen-bond acceptors (Lipinski definition) is 3. The summed E-state index contributed by atoms with van der Waals surface area (Å²) in [4.78, 5) is 11.4. The monoisotopic (exact) mass is 393 g/mol. The zero-order valence-corrected chi connectivity index (χ0v) is 13.1. The van der Waals surface area contributed by atoms with E-state index in [2.05, 4.69) is 0 Å². The van der Waals surface area contributed by atoms with Gasteiger partial charge in [0.2, 0.25) is 0 Å². The summed E-state index contributed by atoms with van der Waals surface area (Å²) >= 11 is 0.578. The number of allylic oxidation sites excluding steroid dienone is 1. The molecule has 0 saturated carbocycles. The molecule has 0 N–H and O–H groups in total. The van der Waals surface area contributed by atoms with E-state index in [0.29, 0.717) is 38.6 Å². The molecule has 0 saturated heterocycles. The zero-order valence-electron chi connectivity index (χ0n) is 9.16. The van der Waals surface area contributed by atoms with Gasteiger partial charge in [0, 0.05) is 0 Å². The van der Waals surface area contributed by atoms with Gasteiger partial charge in [-0.05, 0) is 0 Å². The number of hydrogen-bond donors (Lipinski definition) is 0. The summed E-state index contributed by atoms with van der Waals surface area (Å²) in [6.45, 7) is 8.18. The van der Waals surface area contributed by atoms with Gasteiger partial charge in [-0.25, -0.2) is 0 Å². The fraction of sp³-hybridized carbons (Fsp3) is 0.700. The minimum absolute atomic E-state index is 0.00985. The number of carbonyl (C=O) groups is 1. The van der Waals surface area contributed by atoms with E-state index >= 15 is 0 Å². The molecule has 0 aliphatic carbocycles. The first-order chi connectivity index (χ1) is 6.52. The van der Waals surface area contributed by atoms with Crippen molar-refractivity contribution in [2.75, 3.05) is 6.61 Å². The Kier molecular flexibility index (Phi) is 7.44. The second-order valence-corrected chi connectivity index (χ2v) is 4.10. The Morgan fingerprint density at radius 1 is 1.43 bits per heavy atom. The van der Waals surface area contributed by atoms with Crippen molar-refractivity contribution >= 4 is 32.0 Å². The zero-order chi connectivity index (χ0) is 11.1. The minimum atomic E-state index is -0.125. The standard InChI is InChI=1S/C10H18O3.Pb/c1-5-13-8(4)10(12)6-9(11)7(2)3;/h6-8,12H,5H2,1-4H3;/q;+1/p-1/b10-6-;. The van der Waals surface area contributed by atoms with E-state index in [1.165, 1.54) is 0 Å². The Morgan fingerprint density at radius 3 is 2.36 bits per heavy atom. The number of rotatable bonds is 6. The molecule has 0 aromatic carbocycles.